The third-order valence-corrected chi connectivity index (χ3v) is 7.38. The maximum atomic E-state index is 12.8. The van der Waals surface area contributed by atoms with Crippen LogP contribution in [0.5, 0.6) is 0 Å². The van der Waals surface area contributed by atoms with Crippen molar-refractivity contribution in [1.29, 1.82) is 0 Å². The molecule has 1 aliphatic carbocycles. The third-order valence-electron chi connectivity index (χ3n) is 6.15. The fraction of sp³-hybridized carbons (Fsp3) is 0.591. The molecule has 1 amide bonds. The first-order valence-corrected chi connectivity index (χ1v) is 11.2. The maximum Gasteiger partial charge on any atom is 0.261 e. The molecule has 1 saturated heterocycles. The molecule has 2 aromatic heterocycles. The van der Waals surface area contributed by atoms with Crippen LogP contribution in [0.1, 0.15) is 70.9 Å². The van der Waals surface area contributed by atoms with E-state index in [0.29, 0.717) is 6.54 Å². The lowest BCUT2D eigenvalue weighted by Crippen LogP contribution is -2.40. The lowest BCUT2D eigenvalue weighted by molar-refractivity contribution is 0.0918. The van der Waals surface area contributed by atoms with Gasteiger partial charge >= 0.3 is 0 Å². The van der Waals surface area contributed by atoms with E-state index in [-0.39, 0.29) is 11.9 Å². The molecule has 27 heavy (non-hydrogen) atoms. The zero-order valence-electron chi connectivity index (χ0n) is 16.2. The van der Waals surface area contributed by atoms with Crippen molar-refractivity contribution in [2.24, 2.45) is 5.92 Å². The summed E-state index contributed by atoms with van der Waals surface area (Å²) in [6.07, 6.45) is 10.2. The van der Waals surface area contributed by atoms with Gasteiger partial charge in [0, 0.05) is 11.4 Å². The van der Waals surface area contributed by atoms with E-state index in [9.17, 15) is 4.79 Å². The highest BCUT2D eigenvalue weighted by molar-refractivity contribution is 7.14. The molecular formula is C22H30N2O2S. The summed E-state index contributed by atoms with van der Waals surface area (Å²) in [6, 6.07) is 6.23. The molecule has 2 unspecified atom stereocenters. The first-order valence-electron chi connectivity index (χ1n) is 10.4. The van der Waals surface area contributed by atoms with Crippen LogP contribution in [0, 0.1) is 5.92 Å². The normalized spacial score (nSPS) is 21.6. The molecule has 2 atom stereocenters. The lowest BCUT2D eigenvalue weighted by Gasteiger charge is -2.33. The number of hydrogen-bond acceptors (Lipinski definition) is 4. The van der Waals surface area contributed by atoms with E-state index in [0.717, 1.165) is 42.5 Å². The number of rotatable bonds is 6. The lowest BCUT2D eigenvalue weighted by atomic mass is 9.87. The van der Waals surface area contributed by atoms with Gasteiger partial charge in [-0.25, -0.2) is 0 Å². The standard InChI is InChI=1S/C22H30N2O2S/c1-2-16-8-9-20-17(13-16)14-21(27-20)22(25)23-15-18(19-7-6-12-26-19)24-10-4-3-5-11-24/h6-7,12,14,16,18H,2-5,8-11,13,15H2,1H3,(H,23,25). The van der Waals surface area contributed by atoms with Crippen LogP contribution in [0.3, 0.4) is 0 Å². The van der Waals surface area contributed by atoms with E-state index in [2.05, 4.69) is 23.2 Å². The zero-order chi connectivity index (χ0) is 18.6. The number of nitrogens with zero attached hydrogens (tertiary/aromatic N) is 1. The molecule has 146 valence electrons. The molecule has 0 bridgehead atoms. The van der Waals surface area contributed by atoms with Gasteiger partial charge in [0.25, 0.3) is 5.91 Å². The molecule has 5 heteroatoms. The molecule has 4 rings (SSSR count). The van der Waals surface area contributed by atoms with Crippen molar-refractivity contribution in [1.82, 2.24) is 10.2 Å². The van der Waals surface area contributed by atoms with E-state index in [1.165, 1.54) is 42.5 Å². The Balaban J connectivity index is 1.42. The number of amides is 1. The minimum absolute atomic E-state index is 0.0658. The molecule has 1 N–H and O–H groups in total. The summed E-state index contributed by atoms with van der Waals surface area (Å²) in [4.78, 5) is 17.6. The van der Waals surface area contributed by atoms with Crippen LogP contribution in [-0.4, -0.2) is 30.4 Å². The van der Waals surface area contributed by atoms with Crippen LogP contribution in [0.25, 0.3) is 0 Å². The predicted octanol–water partition coefficient (Wildman–Crippen LogP) is 4.81. The van der Waals surface area contributed by atoms with Crippen molar-refractivity contribution in [3.8, 4) is 0 Å². The Kier molecular flexibility index (Phi) is 5.98. The number of carbonyl (C=O) groups is 1. The largest absolute Gasteiger partial charge is 0.468 e. The number of carbonyl (C=O) groups excluding carboxylic acids is 1. The van der Waals surface area contributed by atoms with Crippen molar-refractivity contribution in [2.75, 3.05) is 19.6 Å². The fourth-order valence-electron chi connectivity index (χ4n) is 4.46. The van der Waals surface area contributed by atoms with E-state index >= 15 is 0 Å². The second-order valence-corrected chi connectivity index (χ2v) is 9.05. The summed E-state index contributed by atoms with van der Waals surface area (Å²) in [5.74, 6) is 1.80. The van der Waals surface area contributed by atoms with E-state index in [1.807, 2.05) is 12.1 Å². The number of furan rings is 1. The molecule has 1 fully saturated rings. The van der Waals surface area contributed by atoms with Crippen molar-refractivity contribution in [2.45, 2.75) is 57.9 Å². The minimum atomic E-state index is 0.0658. The number of aryl methyl sites for hydroxylation is 1. The number of nitrogens with one attached hydrogen (secondary N) is 1. The Morgan fingerprint density at radius 2 is 2.22 bits per heavy atom. The first kappa shape index (κ1) is 18.8. The average Bonchev–Trinajstić information content (AvgIpc) is 3.38. The van der Waals surface area contributed by atoms with Crippen LogP contribution in [0.15, 0.2) is 28.9 Å². The summed E-state index contributed by atoms with van der Waals surface area (Å²) in [7, 11) is 0. The Morgan fingerprint density at radius 3 is 2.96 bits per heavy atom. The molecule has 0 spiro atoms. The molecule has 3 heterocycles. The second-order valence-electron chi connectivity index (χ2n) is 7.91. The maximum absolute atomic E-state index is 12.8. The molecule has 0 aromatic carbocycles. The van der Waals surface area contributed by atoms with Gasteiger partial charge in [0.2, 0.25) is 0 Å². The highest BCUT2D eigenvalue weighted by atomic mass is 32.1. The topological polar surface area (TPSA) is 45.5 Å². The predicted molar refractivity (Wildman–Crippen MR) is 109 cm³/mol. The third kappa shape index (κ3) is 4.30. The van der Waals surface area contributed by atoms with Gasteiger partial charge in [-0.3, -0.25) is 9.69 Å². The monoisotopic (exact) mass is 386 g/mol. The highest BCUT2D eigenvalue weighted by Gasteiger charge is 2.26. The minimum Gasteiger partial charge on any atom is -0.468 e. The summed E-state index contributed by atoms with van der Waals surface area (Å²) >= 11 is 1.69. The smallest absolute Gasteiger partial charge is 0.261 e. The summed E-state index contributed by atoms with van der Waals surface area (Å²) < 4.78 is 5.69. The number of likely N-dealkylation sites (tertiary alicyclic amines) is 1. The number of piperidine rings is 1. The Hall–Kier alpha value is -1.59. The summed E-state index contributed by atoms with van der Waals surface area (Å²) in [6.45, 7) is 5.03. The fourth-order valence-corrected chi connectivity index (χ4v) is 5.58. The zero-order valence-corrected chi connectivity index (χ0v) is 17.0. The van der Waals surface area contributed by atoms with Crippen LogP contribution in [0.4, 0.5) is 0 Å². The van der Waals surface area contributed by atoms with Gasteiger partial charge in [0.1, 0.15) is 5.76 Å². The quantitative estimate of drug-likeness (QED) is 0.775. The first-order chi connectivity index (χ1) is 13.2. The highest BCUT2D eigenvalue weighted by Crippen LogP contribution is 2.33. The Bertz CT molecular complexity index is 746. The van der Waals surface area contributed by atoms with Gasteiger partial charge in [0.05, 0.1) is 17.2 Å². The average molecular weight is 387 g/mol. The van der Waals surface area contributed by atoms with Gasteiger partial charge < -0.3 is 9.73 Å². The molecule has 0 radical (unpaired) electrons. The van der Waals surface area contributed by atoms with Crippen LogP contribution in [0.2, 0.25) is 0 Å². The van der Waals surface area contributed by atoms with Crippen molar-refractivity contribution in [3.63, 3.8) is 0 Å². The van der Waals surface area contributed by atoms with Gasteiger partial charge in [-0.15, -0.1) is 11.3 Å². The van der Waals surface area contributed by atoms with Gasteiger partial charge in [-0.05, 0) is 74.9 Å². The van der Waals surface area contributed by atoms with Crippen LogP contribution in [-0.2, 0) is 12.8 Å². The van der Waals surface area contributed by atoms with E-state index < -0.39 is 0 Å². The number of fused-ring (bicyclic) bond motifs is 1. The summed E-state index contributed by atoms with van der Waals surface area (Å²) in [5.41, 5.74) is 1.40. The number of thiophene rings is 1. The molecule has 4 nitrogen and oxygen atoms in total. The molecule has 0 saturated carbocycles. The second kappa shape index (κ2) is 8.61. The SMILES string of the molecule is CCC1CCc2sc(C(=O)NCC(c3ccco3)N3CCCCC3)cc2C1. The Morgan fingerprint density at radius 1 is 1.37 bits per heavy atom. The summed E-state index contributed by atoms with van der Waals surface area (Å²) in [5, 5.41) is 3.19. The Labute approximate surface area is 165 Å². The van der Waals surface area contributed by atoms with Gasteiger partial charge in [-0.1, -0.05) is 19.8 Å². The van der Waals surface area contributed by atoms with E-state index in [1.54, 1.807) is 17.6 Å². The molecule has 2 aromatic rings. The van der Waals surface area contributed by atoms with Crippen LogP contribution >= 0.6 is 11.3 Å². The molecule has 2 aliphatic rings. The number of hydrogen-bond donors (Lipinski definition) is 1. The van der Waals surface area contributed by atoms with E-state index in [4.69, 9.17) is 4.42 Å². The van der Waals surface area contributed by atoms with Gasteiger partial charge in [-0.2, -0.15) is 0 Å². The van der Waals surface area contributed by atoms with Gasteiger partial charge in [0.15, 0.2) is 0 Å². The van der Waals surface area contributed by atoms with Crippen molar-refractivity contribution in [3.05, 3.63) is 45.5 Å². The molecular weight excluding hydrogens is 356 g/mol. The molecule has 1 aliphatic heterocycles. The van der Waals surface area contributed by atoms with Crippen molar-refractivity contribution >= 4 is 17.2 Å². The van der Waals surface area contributed by atoms with Crippen LogP contribution < -0.4 is 5.32 Å². The van der Waals surface area contributed by atoms with Crippen molar-refractivity contribution < 1.29 is 9.21 Å².